The van der Waals surface area contributed by atoms with Gasteiger partial charge in [0, 0.05) is 0 Å². The Morgan fingerprint density at radius 2 is 1.78 bits per heavy atom. The van der Waals surface area contributed by atoms with Gasteiger partial charge < -0.3 is 4.74 Å². The molecule has 1 aromatic heterocycles. The van der Waals surface area contributed by atoms with E-state index in [2.05, 4.69) is 11.2 Å². The van der Waals surface area contributed by atoms with Crippen LogP contribution in [0, 0.1) is 21.4 Å². The lowest BCUT2D eigenvalue weighted by Crippen LogP contribution is -2.12. The number of carbonyl (C=O) groups is 1. The number of nitrogens with zero attached hydrogens (tertiary/aromatic N) is 4. The highest BCUT2D eigenvalue weighted by Gasteiger charge is 2.11. The van der Waals surface area contributed by atoms with Crippen LogP contribution >= 0.6 is 0 Å². The lowest BCUT2D eigenvalue weighted by molar-refractivity contribution is -0.385. The van der Waals surface area contributed by atoms with E-state index < -0.39 is 10.9 Å². The fraction of sp³-hybridized carbons (Fsp3) is 0.105. The summed E-state index contributed by atoms with van der Waals surface area (Å²) in [6.45, 7) is 0.190. The zero-order chi connectivity index (χ0) is 19.2. The molecule has 0 aliphatic rings. The van der Waals surface area contributed by atoms with Crippen LogP contribution in [-0.2, 0) is 11.3 Å². The maximum absolute atomic E-state index is 11.9. The van der Waals surface area contributed by atoms with Crippen molar-refractivity contribution in [3.63, 3.8) is 0 Å². The molecule has 0 spiro atoms. The Kier molecular flexibility index (Phi) is 5.23. The van der Waals surface area contributed by atoms with E-state index in [9.17, 15) is 14.9 Å². The van der Waals surface area contributed by atoms with Gasteiger partial charge in [0.05, 0.1) is 29.5 Å². The molecule has 134 valence electrons. The van der Waals surface area contributed by atoms with Crippen molar-refractivity contribution < 1.29 is 14.5 Å². The molecule has 0 fully saturated rings. The molecular formula is C19H14N4O4. The number of hydrogen-bond donors (Lipinski definition) is 0. The summed E-state index contributed by atoms with van der Waals surface area (Å²) in [7, 11) is 0. The van der Waals surface area contributed by atoms with Gasteiger partial charge in [-0.05, 0) is 35.4 Å². The van der Waals surface area contributed by atoms with E-state index in [0.29, 0.717) is 11.3 Å². The number of nitro groups is 1. The summed E-state index contributed by atoms with van der Waals surface area (Å²) in [6.07, 6.45) is 2.43. The molecule has 0 amide bonds. The number of rotatable bonds is 6. The number of ether oxygens (including phenoxy) is 1. The largest absolute Gasteiger partial charge is 0.426 e. The highest BCUT2D eigenvalue weighted by atomic mass is 16.6. The van der Waals surface area contributed by atoms with Crippen LogP contribution in [0.25, 0.3) is 11.1 Å². The van der Waals surface area contributed by atoms with Gasteiger partial charge in [-0.1, -0.05) is 24.3 Å². The van der Waals surface area contributed by atoms with Crippen LogP contribution in [0.2, 0.25) is 0 Å². The molecule has 0 N–H and O–H groups in total. The first-order valence-corrected chi connectivity index (χ1v) is 8.03. The topological polar surface area (TPSA) is 111 Å². The molecule has 0 atom stereocenters. The molecule has 3 rings (SSSR count). The fourth-order valence-corrected chi connectivity index (χ4v) is 2.41. The summed E-state index contributed by atoms with van der Waals surface area (Å²) in [5, 5.41) is 23.3. The van der Waals surface area contributed by atoms with Crippen molar-refractivity contribution in [1.82, 2.24) is 9.78 Å². The molecule has 2 aromatic carbocycles. The van der Waals surface area contributed by atoms with E-state index >= 15 is 0 Å². The van der Waals surface area contributed by atoms with Gasteiger partial charge in [-0.25, -0.2) is 0 Å². The minimum absolute atomic E-state index is 0.0379. The minimum atomic E-state index is -0.544. The zero-order valence-corrected chi connectivity index (χ0v) is 14.1. The van der Waals surface area contributed by atoms with Crippen LogP contribution in [-0.4, -0.2) is 20.7 Å². The molecule has 0 radical (unpaired) electrons. The van der Waals surface area contributed by atoms with Gasteiger partial charge in [0.25, 0.3) is 0 Å². The van der Waals surface area contributed by atoms with Crippen molar-refractivity contribution >= 4 is 11.7 Å². The third-order valence-electron chi connectivity index (χ3n) is 3.81. The summed E-state index contributed by atoms with van der Waals surface area (Å²) in [6, 6.07) is 16.3. The van der Waals surface area contributed by atoms with Crippen LogP contribution in [0.15, 0.2) is 60.9 Å². The molecule has 0 aliphatic heterocycles. The SMILES string of the molecule is N#Cc1ccc(-c2ccc(OC(=O)CCn3cc([N+](=O)[O-])cn3)cc2)cc1. The molecule has 3 aromatic rings. The van der Waals surface area contributed by atoms with E-state index in [0.717, 1.165) is 17.3 Å². The van der Waals surface area contributed by atoms with Gasteiger partial charge in [-0.2, -0.15) is 10.4 Å². The summed E-state index contributed by atoms with van der Waals surface area (Å²) in [5.41, 5.74) is 2.35. The summed E-state index contributed by atoms with van der Waals surface area (Å²) >= 11 is 0. The highest BCUT2D eigenvalue weighted by molar-refractivity contribution is 5.73. The quantitative estimate of drug-likeness (QED) is 0.288. The van der Waals surface area contributed by atoms with E-state index in [4.69, 9.17) is 10.00 Å². The van der Waals surface area contributed by atoms with Crippen molar-refractivity contribution in [2.45, 2.75) is 13.0 Å². The van der Waals surface area contributed by atoms with Gasteiger partial charge in [-0.3, -0.25) is 19.6 Å². The average molecular weight is 362 g/mol. The predicted octanol–water partition coefficient (Wildman–Crippen LogP) is 3.33. The normalized spacial score (nSPS) is 10.2. The second-order valence-corrected chi connectivity index (χ2v) is 5.66. The van der Waals surface area contributed by atoms with Crippen LogP contribution in [0.3, 0.4) is 0 Å². The summed E-state index contributed by atoms with van der Waals surface area (Å²) in [5.74, 6) is -0.0527. The predicted molar refractivity (Wildman–Crippen MR) is 95.7 cm³/mol. The third-order valence-corrected chi connectivity index (χ3v) is 3.81. The lowest BCUT2D eigenvalue weighted by Gasteiger charge is -2.06. The second kappa shape index (κ2) is 7.93. The Balaban J connectivity index is 1.56. The van der Waals surface area contributed by atoms with Gasteiger partial charge in [0.15, 0.2) is 0 Å². The molecule has 0 saturated heterocycles. The van der Waals surface area contributed by atoms with E-state index in [-0.39, 0.29) is 18.7 Å². The Morgan fingerprint density at radius 3 is 2.33 bits per heavy atom. The van der Waals surface area contributed by atoms with Crippen LogP contribution in [0.4, 0.5) is 5.69 Å². The van der Waals surface area contributed by atoms with Crippen molar-refractivity contribution in [2.75, 3.05) is 0 Å². The third kappa shape index (κ3) is 4.55. The number of esters is 1. The number of aromatic nitrogens is 2. The Hall–Kier alpha value is -3.99. The van der Waals surface area contributed by atoms with Crippen molar-refractivity contribution in [2.24, 2.45) is 0 Å². The Bertz CT molecular complexity index is 1000. The highest BCUT2D eigenvalue weighted by Crippen LogP contribution is 2.23. The summed E-state index contributed by atoms with van der Waals surface area (Å²) in [4.78, 5) is 22.0. The van der Waals surface area contributed by atoms with Gasteiger partial charge in [0.2, 0.25) is 0 Å². The maximum Gasteiger partial charge on any atom is 0.313 e. The van der Waals surface area contributed by atoms with Crippen LogP contribution in [0.1, 0.15) is 12.0 Å². The first-order valence-electron chi connectivity index (χ1n) is 8.03. The monoisotopic (exact) mass is 362 g/mol. The molecule has 27 heavy (non-hydrogen) atoms. The molecule has 1 heterocycles. The zero-order valence-electron chi connectivity index (χ0n) is 14.1. The molecule has 8 nitrogen and oxygen atoms in total. The molecule has 0 aliphatic carbocycles. The number of hydrogen-bond acceptors (Lipinski definition) is 6. The Morgan fingerprint density at radius 1 is 1.15 bits per heavy atom. The first-order chi connectivity index (χ1) is 13.0. The maximum atomic E-state index is 11.9. The smallest absolute Gasteiger partial charge is 0.313 e. The van der Waals surface area contributed by atoms with Gasteiger partial charge in [0.1, 0.15) is 18.1 Å². The van der Waals surface area contributed by atoms with Gasteiger partial charge >= 0.3 is 11.7 Å². The Labute approximate surface area is 154 Å². The second-order valence-electron chi connectivity index (χ2n) is 5.66. The molecule has 0 unspecified atom stereocenters. The average Bonchev–Trinajstić information content (AvgIpc) is 3.17. The standard InChI is InChI=1S/C19H14N4O4/c20-11-14-1-3-15(4-2-14)16-5-7-18(8-6-16)27-19(24)9-10-22-13-17(12-21-22)23(25)26/h1-8,12-13H,9-10H2. The van der Waals surface area contributed by atoms with Crippen LogP contribution < -0.4 is 4.74 Å². The van der Waals surface area contributed by atoms with Gasteiger partial charge in [-0.15, -0.1) is 0 Å². The van der Waals surface area contributed by atoms with Crippen molar-refractivity contribution in [3.05, 3.63) is 76.6 Å². The number of carbonyl (C=O) groups excluding carboxylic acids is 1. The number of benzene rings is 2. The molecule has 8 heteroatoms. The summed E-state index contributed by atoms with van der Waals surface area (Å²) < 4.78 is 6.59. The van der Waals surface area contributed by atoms with E-state index in [1.165, 1.54) is 10.9 Å². The number of aryl methyl sites for hydroxylation is 1. The van der Waals surface area contributed by atoms with Crippen molar-refractivity contribution in [3.8, 4) is 22.9 Å². The molecule has 0 bridgehead atoms. The van der Waals surface area contributed by atoms with Crippen LogP contribution in [0.5, 0.6) is 5.75 Å². The van der Waals surface area contributed by atoms with E-state index in [1.54, 1.807) is 24.3 Å². The first kappa shape index (κ1) is 17.8. The van der Waals surface area contributed by atoms with E-state index in [1.807, 2.05) is 24.3 Å². The lowest BCUT2D eigenvalue weighted by atomic mass is 10.0. The molecular weight excluding hydrogens is 348 g/mol. The van der Waals surface area contributed by atoms with Crippen molar-refractivity contribution in [1.29, 1.82) is 5.26 Å². The fourth-order valence-electron chi connectivity index (χ4n) is 2.41. The minimum Gasteiger partial charge on any atom is -0.426 e. The molecule has 0 saturated carbocycles. The number of nitriles is 1.